The average molecular weight is 735 g/mol. The smallest absolute Gasteiger partial charge is 0.213 e. The van der Waals surface area contributed by atoms with Gasteiger partial charge in [0.15, 0.2) is 0 Å². The quantitative estimate of drug-likeness (QED) is 0.192. The van der Waals surface area contributed by atoms with Crippen LogP contribution in [0.25, 0.3) is 39.2 Å². The molecule has 0 fully saturated rings. The fraction of sp³-hybridized carbons (Fsp3) is 0.170. The normalized spacial score (nSPS) is 16.5. The summed E-state index contributed by atoms with van der Waals surface area (Å²) in [6, 6.07) is 46.0. The molecular formula is C47H43ClN2O4. The summed E-state index contributed by atoms with van der Waals surface area (Å²) < 4.78 is 36.4. The van der Waals surface area contributed by atoms with Gasteiger partial charge >= 0.3 is 0 Å². The molecule has 3 aliphatic rings. The van der Waals surface area contributed by atoms with Crippen LogP contribution in [0, 0.1) is 10.2 Å². The zero-order valence-corrected chi connectivity index (χ0v) is 31.3. The molecular weight excluding hydrogens is 692 g/mol. The highest BCUT2D eigenvalue weighted by molar-refractivity contribution is 5.91. The van der Waals surface area contributed by atoms with Crippen molar-refractivity contribution in [3.05, 3.63) is 191 Å². The monoisotopic (exact) mass is 734 g/mol. The van der Waals surface area contributed by atoms with Crippen LogP contribution < -0.4 is 23.2 Å². The van der Waals surface area contributed by atoms with Crippen LogP contribution in [0.5, 0.6) is 0 Å². The molecule has 2 heterocycles. The molecule has 0 N–H and O–H groups in total. The fourth-order valence-corrected chi connectivity index (χ4v) is 8.14. The Kier molecular flexibility index (Phi) is 11.2. The number of fused-ring (bicyclic) bond motifs is 2. The van der Waals surface area contributed by atoms with E-state index in [0.717, 1.165) is 38.5 Å². The number of hydrogen-bond donors (Lipinski definition) is 0. The summed E-state index contributed by atoms with van der Waals surface area (Å²) >= 11 is 0. The van der Waals surface area contributed by atoms with Gasteiger partial charge in [-0.15, -0.1) is 10.2 Å². The average Bonchev–Trinajstić information content (AvgIpc) is 3.19. The maximum Gasteiger partial charge on any atom is 0.213 e. The van der Waals surface area contributed by atoms with Crippen molar-refractivity contribution in [2.24, 2.45) is 7.05 Å². The summed E-state index contributed by atoms with van der Waals surface area (Å²) in [5.74, 6) is 0. The second-order valence-electron chi connectivity index (χ2n) is 13.8. The van der Waals surface area contributed by atoms with Crippen LogP contribution in [-0.4, -0.2) is 11.9 Å². The molecule has 0 unspecified atom stereocenters. The zero-order chi connectivity index (χ0) is 37.7. The van der Waals surface area contributed by atoms with Gasteiger partial charge in [0.2, 0.25) is 11.4 Å². The first-order chi connectivity index (χ1) is 26.2. The molecule has 2 aliphatic carbocycles. The maximum atomic E-state index is 8.49. The number of halogens is 1. The molecule has 8 rings (SSSR count). The lowest BCUT2D eigenvalue weighted by Crippen LogP contribution is -2.68. The third-order valence-electron chi connectivity index (χ3n) is 10.4. The van der Waals surface area contributed by atoms with Crippen LogP contribution in [0.3, 0.4) is 0 Å². The van der Waals surface area contributed by atoms with E-state index in [-0.39, 0.29) is 0 Å². The van der Waals surface area contributed by atoms with Crippen LogP contribution in [0.1, 0.15) is 54.5 Å². The lowest BCUT2D eigenvalue weighted by Gasteiger charge is -2.37. The molecule has 5 aromatic rings. The van der Waals surface area contributed by atoms with E-state index in [9.17, 15) is 0 Å². The van der Waals surface area contributed by atoms with Gasteiger partial charge < -0.3 is 4.90 Å². The van der Waals surface area contributed by atoms with Gasteiger partial charge in [-0.3, -0.25) is 0 Å². The molecule has 0 saturated carbocycles. The molecule has 0 radical (unpaired) electrons. The molecule has 54 heavy (non-hydrogen) atoms. The van der Waals surface area contributed by atoms with Crippen molar-refractivity contribution in [1.29, 1.82) is 0 Å². The number of rotatable bonds is 6. The van der Waals surface area contributed by atoms with E-state index in [4.69, 9.17) is 18.6 Å². The topological polar surface area (TPSA) is 99.4 Å². The number of allylic oxidation sites excluding steroid dienone is 8. The highest BCUT2D eigenvalue weighted by Crippen LogP contribution is 2.45. The predicted molar refractivity (Wildman–Crippen MR) is 205 cm³/mol. The highest BCUT2D eigenvalue weighted by Gasteiger charge is 2.31. The van der Waals surface area contributed by atoms with Gasteiger partial charge in [-0.05, 0) is 95.7 Å². The van der Waals surface area contributed by atoms with Gasteiger partial charge in [0.25, 0.3) is 0 Å². The van der Waals surface area contributed by atoms with Gasteiger partial charge in [-0.2, -0.15) is 4.57 Å². The Labute approximate surface area is 320 Å². The van der Waals surface area contributed by atoms with Gasteiger partial charge in [0.05, 0.1) is 0 Å². The van der Waals surface area contributed by atoms with Crippen LogP contribution in [0.4, 0.5) is 0 Å². The Bertz CT molecular complexity index is 2270. The summed E-state index contributed by atoms with van der Waals surface area (Å²) in [5.41, 5.74) is 18.8. The van der Waals surface area contributed by atoms with E-state index in [1.54, 1.807) is 0 Å². The SMILES string of the molecule is CN1C(c2ccccc2)=CC(c2ccccc2)=C2CCCC(/C=C/C=C3\CCCc4c(-c5ccccc5)cc(-c5ccccc5)[n+](C)c43)=C21.[O-][Cl+3]([O-])([O-])[O-]. The van der Waals surface area contributed by atoms with Gasteiger partial charge in [0, 0.05) is 41.2 Å². The van der Waals surface area contributed by atoms with E-state index < -0.39 is 10.2 Å². The first-order valence-corrected chi connectivity index (χ1v) is 19.6. The van der Waals surface area contributed by atoms with Crippen molar-refractivity contribution in [2.75, 3.05) is 7.05 Å². The summed E-state index contributed by atoms with van der Waals surface area (Å²) in [6.07, 6.45) is 16.2. The van der Waals surface area contributed by atoms with Crippen LogP contribution in [-0.2, 0) is 13.5 Å². The Hall–Kier alpha value is -5.34. The number of hydrogen-bond acceptors (Lipinski definition) is 5. The lowest BCUT2D eigenvalue weighted by molar-refractivity contribution is -2.00. The molecule has 4 aromatic carbocycles. The van der Waals surface area contributed by atoms with Gasteiger partial charge in [-0.1, -0.05) is 127 Å². The minimum absolute atomic E-state index is 1.08. The molecule has 272 valence electrons. The van der Waals surface area contributed by atoms with E-state index in [1.165, 1.54) is 78.5 Å². The van der Waals surface area contributed by atoms with E-state index in [1.807, 2.05) is 0 Å². The Morgan fingerprint density at radius 1 is 0.648 bits per heavy atom. The number of likely N-dealkylation sites (N-methyl/N-ethyl adjacent to an activating group) is 1. The molecule has 1 aliphatic heterocycles. The summed E-state index contributed by atoms with van der Waals surface area (Å²) in [5, 5.41) is 0. The van der Waals surface area contributed by atoms with Crippen molar-refractivity contribution < 1.29 is 33.4 Å². The van der Waals surface area contributed by atoms with E-state index in [0.29, 0.717) is 0 Å². The van der Waals surface area contributed by atoms with Crippen LogP contribution in [0.2, 0.25) is 0 Å². The molecule has 0 bridgehead atoms. The van der Waals surface area contributed by atoms with Crippen molar-refractivity contribution in [3.63, 3.8) is 0 Å². The Morgan fingerprint density at radius 3 is 1.80 bits per heavy atom. The van der Waals surface area contributed by atoms with E-state index in [2.05, 4.69) is 175 Å². The van der Waals surface area contributed by atoms with Crippen molar-refractivity contribution in [3.8, 4) is 22.4 Å². The molecule has 0 atom stereocenters. The number of benzene rings is 4. The largest absolute Gasteiger partial charge is 0.344 e. The van der Waals surface area contributed by atoms with Gasteiger partial charge in [-0.25, -0.2) is 18.6 Å². The maximum absolute atomic E-state index is 8.49. The molecule has 7 heteroatoms. The first kappa shape index (κ1) is 37.0. The summed E-state index contributed by atoms with van der Waals surface area (Å²) in [6.45, 7) is 0. The predicted octanol–water partition coefficient (Wildman–Crippen LogP) is 6.24. The third-order valence-corrected chi connectivity index (χ3v) is 10.4. The zero-order valence-electron chi connectivity index (χ0n) is 30.6. The standard InChI is InChI=1S/C47H43N2.ClHO4/c1-48-44(36-22-11-5-12-23-36)32-42(34-18-7-3-8-19-34)40-30-16-28-38(46(40)48)26-15-27-39-29-17-31-41-43(35-20-9-4-10-21-35)33-45(49(2)47(39)41)37-24-13-6-14-25-37;2-1(3,4)5/h3-15,18-27,32-33H,16-17,28-31H2,1-2H3;(H,2,3,4,5)/q+1;/p-1. The van der Waals surface area contributed by atoms with Crippen molar-refractivity contribution in [1.82, 2.24) is 4.90 Å². The van der Waals surface area contributed by atoms with Crippen LogP contribution in [0.15, 0.2) is 169 Å². The van der Waals surface area contributed by atoms with Crippen LogP contribution >= 0.6 is 0 Å². The summed E-state index contributed by atoms with van der Waals surface area (Å²) in [7, 11) is -0.442. The highest BCUT2D eigenvalue weighted by atomic mass is 35.7. The second-order valence-corrected chi connectivity index (χ2v) is 14.5. The number of aromatic nitrogens is 1. The van der Waals surface area contributed by atoms with E-state index >= 15 is 0 Å². The molecule has 0 saturated heterocycles. The Balaban J connectivity index is 0.000000846. The Morgan fingerprint density at radius 2 is 1.19 bits per heavy atom. The third kappa shape index (κ3) is 8.24. The minimum Gasteiger partial charge on any atom is -0.344 e. The van der Waals surface area contributed by atoms with Crippen molar-refractivity contribution >= 4 is 16.8 Å². The summed E-state index contributed by atoms with van der Waals surface area (Å²) in [4.78, 5) is 2.44. The van der Waals surface area contributed by atoms with Gasteiger partial charge in [0.1, 0.15) is 7.05 Å². The minimum atomic E-state index is -4.94. The molecule has 1 aromatic heterocycles. The second kappa shape index (κ2) is 16.4. The number of nitrogens with zero attached hydrogens (tertiary/aromatic N) is 2. The lowest BCUT2D eigenvalue weighted by atomic mass is 9.82. The fourth-order valence-electron chi connectivity index (χ4n) is 8.14. The molecule has 0 amide bonds. The van der Waals surface area contributed by atoms with Crippen molar-refractivity contribution in [2.45, 2.75) is 38.5 Å². The molecule has 0 spiro atoms. The first-order valence-electron chi connectivity index (χ1n) is 18.4. The number of pyridine rings is 1. The molecule has 6 nitrogen and oxygen atoms in total.